The maximum absolute atomic E-state index is 13.8. The van der Waals surface area contributed by atoms with Crippen molar-refractivity contribution in [1.82, 2.24) is 14.8 Å². The number of carbonyl (C=O) groups excluding carboxylic acids is 2. The van der Waals surface area contributed by atoms with E-state index in [0.29, 0.717) is 32.6 Å². The maximum atomic E-state index is 13.8. The van der Waals surface area contributed by atoms with Crippen LogP contribution in [0.4, 0.5) is 0 Å². The summed E-state index contributed by atoms with van der Waals surface area (Å²) in [5, 5.41) is 0.906. The van der Waals surface area contributed by atoms with Crippen molar-refractivity contribution in [2.24, 2.45) is 0 Å². The lowest BCUT2D eigenvalue weighted by Crippen LogP contribution is -2.50. The third-order valence-corrected chi connectivity index (χ3v) is 6.83. The van der Waals surface area contributed by atoms with Crippen LogP contribution in [-0.4, -0.2) is 59.9 Å². The lowest BCUT2D eigenvalue weighted by atomic mass is 9.99. The molecule has 0 N–H and O–H groups in total. The number of pyridine rings is 1. The highest BCUT2D eigenvalue weighted by atomic mass is 16.5. The Bertz CT molecular complexity index is 1270. The predicted molar refractivity (Wildman–Crippen MR) is 134 cm³/mol. The second kappa shape index (κ2) is 9.29. The molecule has 0 radical (unpaired) electrons. The van der Waals surface area contributed by atoms with E-state index in [1.165, 1.54) is 0 Å². The van der Waals surface area contributed by atoms with Gasteiger partial charge < -0.3 is 14.5 Å². The fraction of sp³-hybridized carbons (Fsp3) is 0.321. The summed E-state index contributed by atoms with van der Waals surface area (Å²) in [6.45, 7) is 4.18. The van der Waals surface area contributed by atoms with Gasteiger partial charge >= 0.3 is 0 Å². The van der Waals surface area contributed by atoms with Gasteiger partial charge in [-0.1, -0.05) is 37.3 Å². The van der Waals surface area contributed by atoms with E-state index in [9.17, 15) is 9.59 Å². The number of amides is 2. The number of hydrogen-bond donors (Lipinski definition) is 0. The van der Waals surface area contributed by atoms with Crippen molar-refractivity contribution in [2.45, 2.75) is 26.2 Å². The first-order valence-electron chi connectivity index (χ1n) is 11.9. The fourth-order valence-corrected chi connectivity index (χ4v) is 4.97. The van der Waals surface area contributed by atoms with Crippen LogP contribution in [0.25, 0.3) is 22.6 Å². The van der Waals surface area contributed by atoms with Gasteiger partial charge in [0.25, 0.3) is 5.91 Å². The van der Waals surface area contributed by atoms with Crippen molar-refractivity contribution in [1.29, 1.82) is 0 Å². The van der Waals surface area contributed by atoms with Crippen molar-refractivity contribution in [3.8, 4) is 5.75 Å². The molecule has 0 unspecified atom stereocenters. The van der Waals surface area contributed by atoms with E-state index in [-0.39, 0.29) is 11.8 Å². The second-order valence-corrected chi connectivity index (χ2v) is 8.80. The lowest BCUT2D eigenvalue weighted by molar-refractivity contribution is -0.132. The maximum Gasteiger partial charge on any atom is 0.255 e. The largest absolute Gasteiger partial charge is 0.497 e. The first kappa shape index (κ1) is 22.1. The van der Waals surface area contributed by atoms with Gasteiger partial charge in [0.1, 0.15) is 5.75 Å². The molecule has 6 nitrogen and oxygen atoms in total. The number of carbonyl (C=O) groups is 2. The van der Waals surface area contributed by atoms with Gasteiger partial charge in [0.15, 0.2) is 0 Å². The number of aromatic nitrogens is 1. The van der Waals surface area contributed by atoms with Crippen LogP contribution < -0.4 is 4.74 Å². The highest BCUT2D eigenvalue weighted by Gasteiger charge is 2.31. The van der Waals surface area contributed by atoms with Crippen LogP contribution in [0.2, 0.25) is 0 Å². The van der Waals surface area contributed by atoms with E-state index in [1.54, 1.807) is 7.11 Å². The van der Waals surface area contributed by atoms with Crippen LogP contribution in [0.15, 0.2) is 48.5 Å². The molecule has 1 aliphatic carbocycles. The van der Waals surface area contributed by atoms with Crippen molar-refractivity contribution in [3.05, 3.63) is 70.9 Å². The Balaban J connectivity index is 1.51. The van der Waals surface area contributed by atoms with Crippen LogP contribution >= 0.6 is 0 Å². The third kappa shape index (κ3) is 4.04. The van der Waals surface area contributed by atoms with Crippen LogP contribution in [0.3, 0.4) is 0 Å². The normalized spacial score (nSPS) is 16.7. The molecule has 1 fully saturated rings. The molecule has 0 atom stereocenters. The smallest absolute Gasteiger partial charge is 0.255 e. The highest BCUT2D eigenvalue weighted by Crippen LogP contribution is 2.38. The summed E-state index contributed by atoms with van der Waals surface area (Å²) in [5.41, 5.74) is 5.82. The van der Waals surface area contributed by atoms with Gasteiger partial charge in [0.2, 0.25) is 5.91 Å². The van der Waals surface area contributed by atoms with Crippen molar-refractivity contribution in [2.75, 3.05) is 33.3 Å². The Labute approximate surface area is 199 Å². The minimum atomic E-state index is 0.0455. The quantitative estimate of drug-likeness (QED) is 0.584. The standard InChI is InChI=1S/C28H29N3O3/c1-3-25(32)30-14-16-31(17-15-30)28(33)26-22-6-4-5-7-24(22)29-27-20(10-13-23(26)27)18-19-8-11-21(34-2)12-9-19/h4-9,11-12,18H,3,10,13-17H2,1-2H3/b20-18-. The molecule has 3 aromatic rings. The monoisotopic (exact) mass is 455 g/mol. The second-order valence-electron chi connectivity index (χ2n) is 8.80. The minimum Gasteiger partial charge on any atom is -0.497 e. The summed E-state index contributed by atoms with van der Waals surface area (Å²) in [6.07, 6.45) is 4.31. The number of ether oxygens (including phenoxy) is 1. The molecule has 0 saturated carbocycles. The molecule has 1 aromatic heterocycles. The Kier molecular flexibility index (Phi) is 6.05. The zero-order chi connectivity index (χ0) is 23.7. The average Bonchev–Trinajstić information content (AvgIpc) is 3.28. The topological polar surface area (TPSA) is 62.7 Å². The van der Waals surface area contributed by atoms with E-state index in [0.717, 1.165) is 57.5 Å². The first-order chi connectivity index (χ1) is 16.6. The molecule has 2 aliphatic rings. The zero-order valence-electron chi connectivity index (χ0n) is 19.7. The van der Waals surface area contributed by atoms with Crippen LogP contribution in [0, 0.1) is 0 Å². The fourth-order valence-electron chi connectivity index (χ4n) is 4.97. The van der Waals surface area contributed by atoms with Crippen LogP contribution in [0.5, 0.6) is 5.75 Å². The molecule has 34 heavy (non-hydrogen) atoms. The Morgan fingerprint density at radius 2 is 1.68 bits per heavy atom. The molecule has 174 valence electrons. The van der Waals surface area contributed by atoms with Gasteiger partial charge in [0, 0.05) is 38.0 Å². The molecule has 0 spiro atoms. The number of piperazine rings is 1. The molecular formula is C28H29N3O3. The molecule has 2 heterocycles. The molecule has 1 saturated heterocycles. The predicted octanol–water partition coefficient (Wildman–Crippen LogP) is 4.42. The first-order valence-corrected chi connectivity index (χ1v) is 11.9. The zero-order valence-corrected chi connectivity index (χ0v) is 19.7. The van der Waals surface area contributed by atoms with E-state index in [2.05, 4.69) is 6.08 Å². The molecular weight excluding hydrogens is 426 g/mol. The van der Waals surface area contributed by atoms with Crippen molar-refractivity contribution in [3.63, 3.8) is 0 Å². The summed E-state index contributed by atoms with van der Waals surface area (Å²) in [7, 11) is 1.66. The summed E-state index contributed by atoms with van der Waals surface area (Å²) in [4.78, 5) is 34.6. The van der Waals surface area contributed by atoms with Crippen molar-refractivity contribution < 1.29 is 14.3 Å². The van der Waals surface area contributed by atoms with Gasteiger partial charge in [-0.05, 0) is 53.8 Å². The SMILES string of the molecule is CCC(=O)N1CCN(C(=O)c2c3c(nc4ccccc24)/C(=C\c2ccc(OC)cc2)CC3)CC1. The van der Waals surface area contributed by atoms with E-state index in [1.807, 2.05) is 65.3 Å². The Morgan fingerprint density at radius 1 is 0.971 bits per heavy atom. The van der Waals surface area contributed by atoms with Gasteiger partial charge in [-0.15, -0.1) is 0 Å². The number of allylic oxidation sites excluding steroid dienone is 1. The molecule has 2 amide bonds. The third-order valence-electron chi connectivity index (χ3n) is 6.83. The van der Waals surface area contributed by atoms with E-state index >= 15 is 0 Å². The summed E-state index contributed by atoms with van der Waals surface area (Å²) in [5.74, 6) is 1.02. The van der Waals surface area contributed by atoms with Crippen molar-refractivity contribution >= 4 is 34.4 Å². The lowest BCUT2D eigenvalue weighted by Gasteiger charge is -2.35. The van der Waals surface area contributed by atoms with Gasteiger partial charge in [-0.3, -0.25) is 9.59 Å². The Hall–Kier alpha value is -3.67. The number of rotatable bonds is 4. The Morgan fingerprint density at radius 3 is 2.38 bits per heavy atom. The number of benzene rings is 2. The summed E-state index contributed by atoms with van der Waals surface area (Å²) in [6, 6.07) is 15.9. The molecule has 6 heteroatoms. The number of fused-ring (bicyclic) bond motifs is 2. The van der Waals surface area contributed by atoms with Gasteiger partial charge in [0.05, 0.1) is 23.9 Å². The molecule has 5 rings (SSSR count). The molecule has 2 aromatic carbocycles. The minimum absolute atomic E-state index is 0.0455. The van der Waals surface area contributed by atoms with Crippen LogP contribution in [0.1, 0.15) is 46.9 Å². The van der Waals surface area contributed by atoms with Gasteiger partial charge in [-0.2, -0.15) is 0 Å². The van der Waals surface area contributed by atoms with E-state index in [4.69, 9.17) is 9.72 Å². The number of hydrogen-bond acceptors (Lipinski definition) is 4. The summed E-state index contributed by atoms with van der Waals surface area (Å²) < 4.78 is 5.27. The van der Waals surface area contributed by atoms with E-state index < -0.39 is 0 Å². The van der Waals surface area contributed by atoms with Gasteiger partial charge in [-0.25, -0.2) is 4.98 Å². The number of methoxy groups -OCH3 is 1. The number of nitrogens with zero attached hydrogens (tertiary/aromatic N) is 3. The van der Waals surface area contributed by atoms with Crippen LogP contribution in [-0.2, 0) is 11.2 Å². The summed E-state index contributed by atoms with van der Waals surface area (Å²) >= 11 is 0. The average molecular weight is 456 g/mol. The molecule has 0 bridgehead atoms. The highest BCUT2D eigenvalue weighted by molar-refractivity contribution is 6.09. The number of para-hydroxylation sites is 1. The molecule has 1 aliphatic heterocycles.